The van der Waals surface area contributed by atoms with Crippen molar-refractivity contribution in [2.45, 2.75) is 6.54 Å². The van der Waals surface area contributed by atoms with Gasteiger partial charge in [0.05, 0.1) is 24.4 Å². The van der Waals surface area contributed by atoms with Gasteiger partial charge in [0.1, 0.15) is 5.69 Å². The van der Waals surface area contributed by atoms with E-state index in [1.807, 2.05) is 6.07 Å². The van der Waals surface area contributed by atoms with E-state index < -0.39 is 0 Å². The van der Waals surface area contributed by atoms with Crippen molar-refractivity contribution in [2.75, 3.05) is 6.54 Å². The molecule has 0 aliphatic heterocycles. The molecule has 1 amide bonds. The van der Waals surface area contributed by atoms with Crippen LogP contribution in [0.3, 0.4) is 0 Å². The lowest BCUT2D eigenvalue weighted by molar-refractivity contribution is 0.0951. The topological polar surface area (TPSA) is 101 Å². The Morgan fingerprint density at radius 3 is 2.88 bits per heavy atom. The van der Waals surface area contributed by atoms with Crippen molar-refractivity contribution in [1.82, 2.24) is 15.1 Å². The number of furan rings is 1. The van der Waals surface area contributed by atoms with Gasteiger partial charge in [-0.15, -0.1) is 0 Å². The largest absolute Gasteiger partial charge is 0.463 e. The third-order valence-electron chi connectivity index (χ3n) is 3.50. The highest BCUT2D eigenvalue weighted by Crippen LogP contribution is 2.14. The number of rotatable bonds is 5. The van der Waals surface area contributed by atoms with Crippen LogP contribution in [0.25, 0.3) is 11.5 Å². The number of hydrogen-bond donors (Lipinski definition) is 1. The first kappa shape index (κ1) is 16.2. The van der Waals surface area contributed by atoms with Gasteiger partial charge in [-0.3, -0.25) is 9.59 Å². The molecule has 7 heteroatoms. The fourth-order valence-corrected chi connectivity index (χ4v) is 2.27. The summed E-state index contributed by atoms with van der Waals surface area (Å²) in [4.78, 5) is 24.0. The molecule has 0 spiro atoms. The molecule has 124 valence electrons. The van der Waals surface area contributed by atoms with E-state index in [4.69, 9.17) is 9.68 Å². The van der Waals surface area contributed by atoms with Crippen LogP contribution in [0.1, 0.15) is 15.9 Å². The Hall–Kier alpha value is -3.66. The van der Waals surface area contributed by atoms with Crippen molar-refractivity contribution < 1.29 is 9.21 Å². The number of carbonyl (C=O) groups excluding carboxylic acids is 1. The Morgan fingerprint density at radius 1 is 1.24 bits per heavy atom. The van der Waals surface area contributed by atoms with Crippen LogP contribution in [0.15, 0.2) is 64.0 Å². The third kappa shape index (κ3) is 3.82. The van der Waals surface area contributed by atoms with Gasteiger partial charge >= 0.3 is 0 Å². The second kappa shape index (κ2) is 7.27. The Bertz CT molecular complexity index is 984. The minimum absolute atomic E-state index is 0.219. The molecule has 0 bridgehead atoms. The number of benzene rings is 1. The lowest BCUT2D eigenvalue weighted by atomic mass is 10.1. The second-order valence-corrected chi connectivity index (χ2v) is 5.21. The smallest absolute Gasteiger partial charge is 0.266 e. The molecule has 1 N–H and O–H groups in total. The normalized spacial score (nSPS) is 10.2. The summed E-state index contributed by atoms with van der Waals surface area (Å²) < 4.78 is 6.53. The summed E-state index contributed by atoms with van der Waals surface area (Å²) in [6.07, 6.45) is 1.53. The molecule has 0 aliphatic carbocycles. The van der Waals surface area contributed by atoms with Gasteiger partial charge in [-0.1, -0.05) is 6.07 Å². The summed E-state index contributed by atoms with van der Waals surface area (Å²) in [6, 6.07) is 14.9. The fourth-order valence-electron chi connectivity index (χ4n) is 2.27. The molecule has 25 heavy (non-hydrogen) atoms. The summed E-state index contributed by atoms with van der Waals surface area (Å²) in [5, 5.41) is 15.8. The van der Waals surface area contributed by atoms with Gasteiger partial charge in [-0.25, -0.2) is 4.68 Å². The Balaban J connectivity index is 1.66. The number of hydrogen-bond acceptors (Lipinski definition) is 5. The highest BCUT2D eigenvalue weighted by molar-refractivity contribution is 5.94. The van der Waals surface area contributed by atoms with Crippen molar-refractivity contribution in [3.05, 3.63) is 76.3 Å². The molecule has 0 saturated carbocycles. The molecule has 2 aromatic heterocycles. The van der Waals surface area contributed by atoms with Crippen molar-refractivity contribution >= 4 is 5.91 Å². The van der Waals surface area contributed by atoms with Gasteiger partial charge in [0.15, 0.2) is 5.76 Å². The summed E-state index contributed by atoms with van der Waals surface area (Å²) in [7, 11) is 0. The summed E-state index contributed by atoms with van der Waals surface area (Å²) in [5.41, 5.74) is 1.08. The standard InChI is InChI=1S/C18H14N4O3/c19-12-13-3-1-4-14(11-13)18(24)20-8-9-22-17(23)7-6-15(21-22)16-5-2-10-25-16/h1-7,10-11H,8-9H2,(H,20,24). The molecule has 3 rings (SSSR count). The first-order valence-corrected chi connectivity index (χ1v) is 7.58. The van der Waals surface area contributed by atoms with E-state index in [-0.39, 0.29) is 24.6 Å². The predicted octanol–water partition coefficient (Wildman–Crippen LogP) is 1.80. The van der Waals surface area contributed by atoms with Gasteiger partial charge in [-0.2, -0.15) is 10.4 Å². The quantitative estimate of drug-likeness (QED) is 0.767. The van der Waals surface area contributed by atoms with Crippen molar-refractivity contribution in [3.63, 3.8) is 0 Å². The second-order valence-electron chi connectivity index (χ2n) is 5.21. The van der Waals surface area contributed by atoms with E-state index in [2.05, 4.69) is 10.4 Å². The molecule has 0 unspecified atom stereocenters. The number of carbonyl (C=O) groups is 1. The Kier molecular flexibility index (Phi) is 4.72. The predicted molar refractivity (Wildman–Crippen MR) is 89.7 cm³/mol. The first-order chi connectivity index (χ1) is 12.2. The maximum absolute atomic E-state index is 12.1. The first-order valence-electron chi connectivity index (χ1n) is 7.58. The van der Waals surface area contributed by atoms with E-state index in [1.54, 1.807) is 36.4 Å². The number of aromatic nitrogens is 2. The van der Waals surface area contributed by atoms with Gasteiger partial charge in [0.2, 0.25) is 0 Å². The molecule has 1 aromatic carbocycles. The molecule has 0 radical (unpaired) electrons. The van der Waals surface area contributed by atoms with Crippen LogP contribution in [0.5, 0.6) is 0 Å². The minimum atomic E-state index is -0.313. The highest BCUT2D eigenvalue weighted by Gasteiger charge is 2.08. The number of amides is 1. The van der Waals surface area contributed by atoms with Crippen LogP contribution in [0, 0.1) is 11.3 Å². The number of nitrogens with zero attached hydrogens (tertiary/aromatic N) is 3. The molecule has 7 nitrogen and oxygen atoms in total. The van der Waals surface area contributed by atoms with E-state index in [9.17, 15) is 9.59 Å². The fraction of sp³-hybridized carbons (Fsp3) is 0.111. The zero-order valence-corrected chi connectivity index (χ0v) is 13.2. The summed E-state index contributed by atoms with van der Waals surface area (Å²) in [6.45, 7) is 0.446. The zero-order chi connectivity index (χ0) is 17.6. The highest BCUT2D eigenvalue weighted by atomic mass is 16.3. The average Bonchev–Trinajstić information content (AvgIpc) is 3.18. The third-order valence-corrected chi connectivity index (χ3v) is 3.50. The van der Waals surface area contributed by atoms with Crippen molar-refractivity contribution in [2.24, 2.45) is 0 Å². The van der Waals surface area contributed by atoms with E-state index in [1.165, 1.54) is 23.1 Å². The van der Waals surface area contributed by atoms with Crippen LogP contribution in [0.4, 0.5) is 0 Å². The van der Waals surface area contributed by atoms with Gasteiger partial charge in [0.25, 0.3) is 11.5 Å². The van der Waals surface area contributed by atoms with Crippen LogP contribution in [0.2, 0.25) is 0 Å². The molecule has 0 fully saturated rings. The van der Waals surface area contributed by atoms with Crippen molar-refractivity contribution in [1.29, 1.82) is 5.26 Å². The number of nitrogens with one attached hydrogen (secondary N) is 1. The minimum Gasteiger partial charge on any atom is -0.463 e. The Labute approximate surface area is 143 Å². The maximum Gasteiger partial charge on any atom is 0.266 e. The molecular formula is C18H14N4O3. The maximum atomic E-state index is 12.1. The lowest BCUT2D eigenvalue weighted by Gasteiger charge is -2.08. The molecule has 0 atom stereocenters. The van der Waals surface area contributed by atoms with Crippen LogP contribution >= 0.6 is 0 Å². The monoisotopic (exact) mass is 334 g/mol. The van der Waals surface area contributed by atoms with Crippen LogP contribution < -0.4 is 10.9 Å². The molecule has 2 heterocycles. The van der Waals surface area contributed by atoms with Crippen LogP contribution in [-0.4, -0.2) is 22.2 Å². The van der Waals surface area contributed by atoms with Gasteiger partial charge in [-0.05, 0) is 36.4 Å². The summed E-state index contributed by atoms with van der Waals surface area (Å²) in [5.74, 6) is 0.249. The van der Waals surface area contributed by atoms with E-state index >= 15 is 0 Å². The van der Waals surface area contributed by atoms with Crippen LogP contribution in [-0.2, 0) is 6.54 Å². The Morgan fingerprint density at radius 2 is 2.12 bits per heavy atom. The SMILES string of the molecule is N#Cc1cccc(C(=O)NCCn2nc(-c3ccco3)ccc2=O)c1. The number of nitriles is 1. The van der Waals surface area contributed by atoms with E-state index in [0.717, 1.165) is 0 Å². The van der Waals surface area contributed by atoms with Gasteiger partial charge < -0.3 is 9.73 Å². The lowest BCUT2D eigenvalue weighted by Crippen LogP contribution is -2.31. The molecule has 0 aliphatic rings. The average molecular weight is 334 g/mol. The van der Waals surface area contributed by atoms with Crippen molar-refractivity contribution in [3.8, 4) is 17.5 Å². The van der Waals surface area contributed by atoms with Gasteiger partial charge in [0, 0.05) is 18.2 Å². The molecular weight excluding hydrogens is 320 g/mol. The summed E-state index contributed by atoms with van der Waals surface area (Å²) >= 11 is 0. The zero-order valence-electron chi connectivity index (χ0n) is 13.2. The molecule has 3 aromatic rings. The van der Waals surface area contributed by atoms with E-state index in [0.29, 0.717) is 22.6 Å². The molecule has 0 saturated heterocycles.